The number of furan rings is 1. The highest BCUT2D eigenvalue weighted by atomic mass is 79.9. The Bertz CT molecular complexity index is 724. The van der Waals surface area contributed by atoms with E-state index in [0.29, 0.717) is 23.5 Å². The van der Waals surface area contributed by atoms with Crippen LogP contribution in [0.25, 0.3) is 17.5 Å². The summed E-state index contributed by atoms with van der Waals surface area (Å²) in [5, 5.41) is 3.17. The van der Waals surface area contributed by atoms with Gasteiger partial charge in [-0.2, -0.15) is 15.0 Å². The van der Waals surface area contributed by atoms with E-state index >= 15 is 0 Å². The van der Waals surface area contributed by atoms with E-state index in [1.165, 1.54) is 0 Å². The first kappa shape index (κ1) is 13.7. The SMILES string of the molecule is CCCNc1nc(-c2occc2Br)nc(-n2ccnc2)n1. The highest BCUT2D eigenvalue weighted by molar-refractivity contribution is 9.10. The van der Waals surface area contributed by atoms with Crippen molar-refractivity contribution in [2.75, 3.05) is 11.9 Å². The molecule has 0 aliphatic heterocycles. The molecule has 0 aliphatic carbocycles. The minimum atomic E-state index is 0.462. The Morgan fingerprint density at radius 2 is 2.24 bits per heavy atom. The van der Waals surface area contributed by atoms with Crippen molar-refractivity contribution in [3.05, 3.63) is 35.5 Å². The lowest BCUT2D eigenvalue weighted by Crippen LogP contribution is -2.10. The fourth-order valence-electron chi connectivity index (χ4n) is 1.73. The minimum absolute atomic E-state index is 0.462. The van der Waals surface area contributed by atoms with Crippen LogP contribution >= 0.6 is 15.9 Å². The molecule has 0 atom stereocenters. The van der Waals surface area contributed by atoms with Gasteiger partial charge in [0.1, 0.15) is 6.33 Å². The van der Waals surface area contributed by atoms with Gasteiger partial charge in [-0.1, -0.05) is 6.92 Å². The van der Waals surface area contributed by atoms with Crippen LogP contribution in [0.1, 0.15) is 13.3 Å². The Morgan fingerprint density at radius 1 is 1.33 bits per heavy atom. The van der Waals surface area contributed by atoms with Crippen molar-refractivity contribution in [2.24, 2.45) is 0 Å². The van der Waals surface area contributed by atoms with Gasteiger partial charge in [0, 0.05) is 18.9 Å². The number of hydrogen-bond acceptors (Lipinski definition) is 6. The lowest BCUT2D eigenvalue weighted by molar-refractivity contribution is 0.575. The van der Waals surface area contributed by atoms with Crippen molar-refractivity contribution in [2.45, 2.75) is 13.3 Å². The molecule has 0 unspecified atom stereocenters. The monoisotopic (exact) mass is 348 g/mol. The smallest absolute Gasteiger partial charge is 0.240 e. The van der Waals surface area contributed by atoms with E-state index in [0.717, 1.165) is 17.4 Å². The molecule has 0 saturated heterocycles. The van der Waals surface area contributed by atoms with Gasteiger partial charge in [-0.3, -0.25) is 4.57 Å². The van der Waals surface area contributed by atoms with Crippen LogP contribution in [0, 0.1) is 0 Å². The van der Waals surface area contributed by atoms with Gasteiger partial charge in [0.15, 0.2) is 5.76 Å². The molecule has 0 aromatic carbocycles. The highest BCUT2D eigenvalue weighted by Gasteiger charge is 2.14. The summed E-state index contributed by atoms with van der Waals surface area (Å²) in [6, 6.07) is 1.80. The Labute approximate surface area is 129 Å². The van der Waals surface area contributed by atoms with E-state index in [9.17, 15) is 0 Å². The summed E-state index contributed by atoms with van der Waals surface area (Å²) in [5.74, 6) is 2.02. The van der Waals surface area contributed by atoms with Gasteiger partial charge in [-0.25, -0.2) is 4.98 Å². The molecule has 0 saturated carbocycles. The summed E-state index contributed by atoms with van der Waals surface area (Å²) < 4.78 is 7.95. The molecule has 0 fully saturated rings. The average molecular weight is 349 g/mol. The van der Waals surface area contributed by atoms with Crippen LogP contribution < -0.4 is 5.32 Å². The van der Waals surface area contributed by atoms with E-state index in [2.05, 4.69) is 48.1 Å². The van der Waals surface area contributed by atoms with Crippen LogP contribution in [-0.2, 0) is 0 Å². The van der Waals surface area contributed by atoms with Crippen LogP contribution in [-0.4, -0.2) is 31.0 Å². The minimum Gasteiger partial charge on any atom is -0.460 e. The number of aromatic nitrogens is 5. The highest BCUT2D eigenvalue weighted by Crippen LogP contribution is 2.27. The summed E-state index contributed by atoms with van der Waals surface area (Å²) >= 11 is 3.42. The van der Waals surface area contributed by atoms with Crippen molar-refractivity contribution in [1.29, 1.82) is 0 Å². The average Bonchev–Trinajstić information content (AvgIpc) is 3.16. The summed E-state index contributed by atoms with van der Waals surface area (Å²) in [4.78, 5) is 17.2. The Kier molecular flexibility index (Phi) is 3.96. The normalized spacial score (nSPS) is 10.8. The molecule has 0 amide bonds. The largest absolute Gasteiger partial charge is 0.460 e. The summed E-state index contributed by atoms with van der Waals surface area (Å²) in [7, 11) is 0. The lowest BCUT2D eigenvalue weighted by atomic mass is 10.4. The van der Waals surface area contributed by atoms with Crippen molar-refractivity contribution in [3.8, 4) is 17.5 Å². The second-order valence-corrected chi connectivity index (χ2v) is 5.13. The van der Waals surface area contributed by atoms with Crippen LogP contribution in [0.3, 0.4) is 0 Å². The molecule has 21 heavy (non-hydrogen) atoms. The predicted octanol–water partition coefficient (Wildman–Crippen LogP) is 2.90. The van der Waals surface area contributed by atoms with E-state index in [-0.39, 0.29) is 0 Å². The van der Waals surface area contributed by atoms with Crippen LogP contribution in [0.15, 0.2) is 39.9 Å². The van der Waals surface area contributed by atoms with Gasteiger partial charge >= 0.3 is 0 Å². The van der Waals surface area contributed by atoms with Crippen molar-refractivity contribution >= 4 is 21.9 Å². The number of halogens is 1. The first-order valence-corrected chi connectivity index (χ1v) is 7.29. The second kappa shape index (κ2) is 6.04. The molecule has 1 N–H and O–H groups in total. The molecule has 3 rings (SSSR count). The number of nitrogens with zero attached hydrogens (tertiary/aromatic N) is 5. The first-order valence-electron chi connectivity index (χ1n) is 6.49. The molecular weight excluding hydrogens is 336 g/mol. The molecule has 0 bridgehead atoms. The van der Waals surface area contributed by atoms with E-state index < -0.39 is 0 Å². The molecule has 3 aromatic heterocycles. The van der Waals surface area contributed by atoms with Crippen molar-refractivity contribution < 1.29 is 4.42 Å². The van der Waals surface area contributed by atoms with Crippen molar-refractivity contribution in [1.82, 2.24) is 24.5 Å². The second-order valence-electron chi connectivity index (χ2n) is 4.28. The molecule has 3 heterocycles. The standard InChI is InChI=1S/C13H13BrN6O/c1-2-4-16-12-17-11(10-9(14)3-7-21-10)18-13(19-12)20-6-5-15-8-20/h3,5-8H,2,4H2,1H3,(H,16,17,18,19). The van der Waals surface area contributed by atoms with Gasteiger partial charge in [-0.15, -0.1) is 0 Å². The molecular formula is C13H13BrN6O. The summed E-state index contributed by atoms with van der Waals surface area (Å²) in [6.07, 6.45) is 7.65. The molecule has 0 radical (unpaired) electrons. The summed E-state index contributed by atoms with van der Waals surface area (Å²) in [6.45, 7) is 2.86. The number of hydrogen-bond donors (Lipinski definition) is 1. The Balaban J connectivity index is 2.07. The molecule has 108 valence electrons. The maximum Gasteiger partial charge on any atom is 0.240 e. The third kappa shape index (κ3) is 2.94. The fraction of sp³-hybridized carbons (Fsp3) is 0.231. The van der Waals surface area contributed by atoms with Crippen molar-refractivity contribution in [3.63, 3.8) is 0 Å². The van der Waals surface area contributed by atoms with E-state index in [4.69, 9.17) is 4.42 Å². The number of nitrogens with one attached hydrogen (secondary N) is 1. The third-order valence-corrected chi connectivity index (χ3v) is 3.34. The van der Waals surface area contributed by atoms with Gasteiger partial charge in [-0.05, 0) is 28.4 Å². The number of imidazole rings is 1. The maximum absolute atomic E-state index is 5.43. The fourth-order valence-corrected chi connectivity index (χ4v) is 2.11. The summed E-state index contributed by atoms with van der Waals surface area (Å²) in [5.41, 5.74) is 0. The zero-order chi connectivity index (χ0) is 14.7. The predicted molar refractivity (Wildman–Crippen MR) is 81.1 cm³/mol. The van der Waals surface area contributed by atoms with Gasteiger partial charge in [0.2, 0.25) is 17.7 Å². The number of anilines is 1. The maximum atomic E-state index is 5.43. The van der Waals surface area contributed by atoms with Gasteiger partial charge in [0.05, 0.1) is 10.7 Å². The van der Waals surface area contributed by atoms with Crippen LogP contribution in [0.2, 0.25) is 0 Å². The lowest BCUT2D eigenvalue weighted by Gasteiger charge is -2.07. The molecule has 0 aliphatic rings. The third-order valence-electron chi connectivity index (χ3n) is 2.71. The molecule has 0 spiro atoms. The van der Waals surface area contributed by atoms with Crippen LogP contribution in [0.5, 0.6) is 0 Å². The topological polar surface area (TPSA) is 81.7 Å². The van der Waals surface area contributed by atoms with E-state index in [1.807, 2.05) is 0 Å². The zero-order valence-electron chi connectivity index (χ0n) is 11.3. The number of rotatable bonds is 5. The molecule has 8 heteroatoms. The van der Waals surface area contributed by atoms with E-state index in [1.54, 1.807) is 35.6 Å². The molecule has 3 aromatic rings. The van der Waals surface area contributed by atoms with Gasteiger partial charge < -0.3 is 9.73 Å². The van der Waals surface area contributed by atoms with Gasteiger partial charge in [0.25, 0.3) is 0 Å². The van der Waals surface area contributed by atoms with Crippen LogP contribution in [0.4, 0.5) is 5.95 Å². The zero-order valence-corrected chi connectivity index (χ0v) is 12.9. The Morgan fingerprint density at radius 3 is 2.90 bits per heavy atom. The Hall–Kier alpha value is -2.22. The quantitative estimate of drug-likeness (QED) is 0.763. The molecule has 7 nitrogen and oxygen atoms in total. The first-order chi connectivity index (χ1) is 10.3.